The second-order valence-electron chi connectivity index (χ2n) is 9.75. The molecule has 1 aliphatic heterocycles. The molecule has 0 radical (unpaired) electrons. The van der Waals surface area contributed by atoms with Crippen LogP contribution in [-0.2, 0) is 11.3 Å². The lowest BCUT2D eigenvalue weighted by atomic mass is 10.0. The molecule has 0 aliphatic carbocycles. The molecule has 4 atom stereocenters. The summed E-state index contributed by atoms with van der Waals surface area (Å²) >= 11 is 0. The lowest BCUT2D eigenvalue weighted by Gasteiger charge is -2.19. The van der Waals surface area contributed by atoms with Crippen molar-refractivity contribution in [2.75, 3.05) is 6.61 Å². The Kier molecular flexibility index (Phi) is 13.1. The monoisotopic (exact) mass is 482 g/mol. The first-order valence-corrected chi connectivity index (χ1v) is 13.4. The van der Waals surface area contributed by atoms with E-state index in [4.69, 9.17) is 4.74 Å². The van der Waals surface area contributed by atoms with Gasteiger partial charge in [-0.25, -0.2) is 9.36 Å². The summed E-state index contributed by atoms with van der Waals surface area (Å²) in [6, 6.07) is 1.35. The molecular formula is C26H46N2O6. The summed E-state index contributed by atoms with van der Waals surface area (Å²) in [5.41, 5.74) is -0.586. The van der Waals surface area contributed by atoms with E-state index >= 15 is 0 Å². The molecular weight excluding hydrogens is 436 g/mol. The van der Waals surface area contributed by atoms with Crippen LogP contribution in [-0.4, -0.2) is 49.4 Å². The average molecular weight is 483 g/mol. The minimum absolute atomic E-state index is 0.484. The van der Waals surface area contributed by atoms with Gasteiger partial charge in [-0.2, -0.15) is 0 Å². The number of hydrogen-bond acceptors (Lipinski definition) is 6. The van der Waals surface area contributed by atoms with Gasteiger partial charge in [0.2, 0.25) is 0 Å². The van der Waals surface area contributed by atoms with Crippen LogP contribution in [0.25, 0.3) is 0 Å². The largest absolute Gasteiger partial charge is 0.394 e. The maximum absolute atomic E-state index is 13.0. The standard InChI is InChI=1S/C26H46N2O6/c1-3-4-5-6-7-8-9-10-11-12-13-14-15-16-17-27-20(2)18-22(30)28(26(27)33)25-24(32)23(31)21(19-29)34-25/h18,21,23-25,29,31-32H,3-17,19H2,1-2H3/t21-,23-,24-,25-/m1/s1. The Balaban J connectivity index is 1.71. The smallest absolute Gasteiger partial charge is 0.333 e. The summed E-state index contributed by atoms with van der Waals surface area (Å²) in [7, 11) is 0. The van der Waals surface area contributed by atoms with Crippen LogP contribution in [0.15, 0.2) is 15.7 Å². The zero-order valence-corrected chi connectivity index (χ0v) is 21.2. The van der Waals surface area contributed by atoms with Crippen molar-refractivity contribution in [2.45, 2.75) is 135 Å². The van der Waals surface area contributed by atoms with Crippen LogP contribution in [0.5, 0.6) is 0 Å². The highest BCUT2D eigenvalue weighted by Crippen LogP contribution is 2.27. The van der Waals surface area contributed by atoms with Crippen molar-refractivity contribution in [3.8, 4) is 0 Å². The van der Waals surface area contributed by atoms with E-state index in [0.29, 0.717) is 12.2 Å². The third-order valence-corrected chi connectivity index (χ3v) is 6.94. The number of hydrogen-bond donors (Lipinski definition) is 3. The topological polar surface area (TPSA) is 114 Å². The minimum Gasteiger partial charge on any atom is -0.394 e. The third-order valence-electron chi connectivity index (χ3n) is 6.94. The van der Waals surface area contributed by atoms with Gasteiger partial charge in [-0.15, -0.1) is 0 Å². The number of nitrogens with zero attached hydrogens (tertiary/aromatic N) is 2. The van der Waals surface area contributed by atoms with Gasteiger partial charge >= 0.3 is 5.69 Å². The molecule has 1 aromatic heterocycles. The molecule has 0 aromatic carbocycles. The van der Waals surface area contributed by atoms with Gasteiger partial charge in [0.05, 0.1) is 6.61 Å². The van der Waals surface area contributed by atoms with Crippen molar-refractivity contribution in [3.05, 3.63) is 32.6 Å². The highest BCUT2D eigenvalue weighted by Gasteiger charge is 2.44. The second-order valence-corrected chi connectivity index (χ2v) is 9.75. The number of unbranched alkanes of at least 4 members (excludes halogenated alkanes) is 13. The molecule has 8 nitrogen and oxygen atoms in total. The maximum Gasteiger partial charge on any atom is 0.333 e. The van der Waals surface area contributed by atoms with Gasteiger partial charge in [0.25, 0.3) is 5.56 Å². The van der Waals surface area contributed by atoms with E-state index < -0.39 is 42.4 Å². The first-order valence-electron chi connectivity index (χ1n) is 13.4. The maximum atomic E-state index is 13.0. The summed E-state index contributed by atoms with van der Waals surface area (Å²) in [6.07, 6.45) is 12.4. The van der Waals surface area contributed by atoms with Crippen molar-refractivity contribution >= 4 is 0 Å². The zero-order valence-electron chi connectivity index (χ0n) is 21.2. The fourth-order valence-electron chi connectivity index (χ4n) is 4.77. The molecule has 0 spiro atoms. The quantitative estimate of drug-likeness (QED) is 0.293. The third kappa shape index (κ3) is 8.33. The zero-order chi connectivity index (χ0) is 24.9. The van der Waals surface area contributed by atoms with E-state index in [2.05, 4.69) is 6.92 Å². The summed E-state index contributed by atoms with van der Waals surface area (Å²) in [5, 5.41) is 29.5. The van der Waals surface area contributed by atoms with E-state index in [9.17, 15) is 24.9 Å². The molecule has 3 N–H and O–H groups in total. The van der Waals surface area contributed by atoms with Gasteiger partial charge in [0.1, 0.15) is 18.3 Å². The number of aryl methyl sites for hydroxylation is 1. The van der Waals surface area contributed by atoms with Crippen LogP contribution in [0, 0.1) is 6.92 Å². The molecule has 0 amide bonds. The lowest BCUT2D eigenvalue weighted by molar-refractivity contribution is -0.0571. The van der Waals surface area contributed by atoms with E-state index in [1.807, 2.05) is 0 Å². The summed E-state index contributed by atoms with van der Waals surface area (Å²) in [5.74, 6) is 0. The number of aliphatic hydroxyl groups is 3. The Labute approximate surface area is 203 Å². The van der Waals surface area contributed by atoms with Crippen molar-refractivity contribution in [3.63, 3.8) is 0 Å². The molecule has 0 saturated carbocycles. The van der Waals surface area contributed by atoms with Gasteiger partial charge in [-0.1, -0.05) is 90.4 Å². The molecule has 2 heterocycles. The van der Waals surface area contributed by atoms with Crippen molar-refractivity contribution < 1.29 is 20.1 Å². The Morgan fingerprint density at radius 3 is 1.79 bits per heavy atom. The number of ether oxygens (including phenoxy) is 1. The second kappa shape index (κ2) is 15.5. The Morgan fingerprint density at radius 1 is 0.824 bits per heavy atom. The van der Waals surface area contributed by atoms with Gasteiger partial charge in [-0.3, -0.25) is 9.36 Å². The molecule has 0 unspecified atom stereocenters. The normalized spacial score (nSPS) is 22.5. The van der Waals surface area contributed by atoms with Gasteiger partial charge in [0.15, 0.2) is 6.23 Å². The van der Waals surface area contributed by atoms with E-state index in [1.165, 1.54) is 81.3 Å². The highest BCUT2D eigenvalue weighted by molar-refractivity contribution is 5.02. The average Bonchev–Trinajstić information content (AvgIpc) is 3.09. The Bertz CT molecular complexity index is 820. The van der Waals surface area contributed by atoms with Gasteiger partial charge < -0.3 is 20.1 Å². The molecule has 34 heavy (non-hydrogen) atoms. The molecule has 2 rings (SSSR count). The number of rotatable bonds is 17. The minimum atomic E-state index is -1.46. The molecule has 1 fully saturated rings. The van der Waals surface area contributed by atoms with E-state index in [0.717, 1.165) is 23.8 Å². The fourth-order valence-corrected chi connectivity index (χ4v) is 4.77. The summed E-state index contributed by atoms with van der Waals surface area (Å²) in [4.78, 5) is 25.5. The first-order chi connectivity index (χ1) is 16.4. The Morgan fingerprint density at radius 2 is 1.32 bits per heavy atom. The van der Waals surface area contributed by atoms with Crippen molar-refractivity contribution in [2.24, 2.45) is 0 Å². The summed E-state index contributed by atoms with van der Waals surface area (Å²) in [6.45, 7) is 3.94. The molecule has 196 valence electrons. The van der Waals surface area contributed by atoms with Crippen LogP contribution in [0.4, 0.5) is 0 Å². The lowest BCUT2D eigenvalue weighted by Crippen LogP contribution is -2.46. The van der Waals surface area contributed by atoms with Crippen LogP contribution in [0.2, 0.25) is 0 Å². The molecule has 1 aliphatic rings. The molecule has 1 saturated heterocycles. The van der Waals surface area contributed by atoms with Crippen LogP contribution >= 0.6 is 0 Å². The predicted octanol–water partition coefficient (Wildman–Crippen LogP) is 3.41. The SMILES string of the molecule is CCCCCCCCCCCCCCCCn1c(C)cc(=O)n([C@@H]2O[C@H](CO)[C@@H](O)[C@H]2O)c1=O. The van der Waals surface area contributed by atoms with Gasteiger partial charge in [0, 0.05) is 18.3 Å². The number of aliphatic hydroxyl groups excluding tert-OH is 3. The van der Waals surface area contributed by atoms with Crippen molar-refractivity contribution in [1.29, 1.82) is 0 Å². The fraction of sp³-hybridized carbons (Fsp3) is 0.846. The highest BCUT2D eigenvalue weighted by atomic mass is 16.6. The van der Waals surface area contributed by atoms with Crippen LogP contribution in [0.1, 0.15) is 109 Å². The van der Waals surface area contributed by atoms with Crippen molar-refractivity contribution in [1.82, 2.24) is 9.13 Å². The number of aromatic nitrogens is 2. The van der Waals surface area contributed by atoms with E-state index in [-0.39, 0.29) is 0 Å². The van der Waals surface area contributed by atoms with Gasteiger partial charge in [-0.05, 0) is 13.3 Å². The van der Waals surface area contributed by atoms with Crippen LogP contribution in [0.3, 0.4) is 0 Å². The predicted molar refractivity (Wildman–Crippen MR) is 133 cm³/mol. The molecule has 1 aromatic rings. The van der Waals surface area contributed by atoms with E-state index in [1.54, 1.807) is 6.92 Å². The van der Waals surface area contributed by atoms with Crippen LogP contribution < -0.4 is 11.2 Å². The molecule has 8 heteroatoms. The first kappa shape index (κ1) is 28.8. The molecule has 0 bridgehead atoms. The Hall–Kier alpha value is -1.48. The summed E-state index contributed by atoms with van der Waals surface area (Å²) < 4.78 is 7.78.